The number of hydrogen-bond acceptors (Lipinski definition) is 3. The normalized spacial score (nSPS) is 15.8. The number of aliphatic hydroxyl groups is 1. The van der Waals surface area contributed by atoms with E-state index >= 15 is 0 Å². The fourth-order valence-electron chi connectivity index (χ4n) is 4.14. The monoisotopic (exact) mass is 412 g/mol. The maximum Gasteiger partial charge on any atom is 0.261 e. The molecule has 2 aromatic carbocycles. The van der Waals surface area contributed by atoms with Crippen LogP contribution in [0.25, 0.3) is 0 Å². The van der Waals surface area contributed by atoms with E-state index < -0.39 is 26.4 Å². The van der Waals surface area contributed by atoms with Gasteiger partial charge in [0, 0.05) is 11.8 Å². The van der Waals surface area contributed by atoms with Gasteiger partial charge in [-0.2, -0.15) is 0 Å². The molecule has 0 aliphatic carbocycles. The summed E-state index contributed by atoms with van der Waals surface area (Å²) in [6.07, 6.45) is -1.33. The van der Waals surface area contributed by atoms with Gasteiger partial charge in [-0.25, -0.2) is 0 Å². The summed E-state index contributed by atoms with van der Waals surface area (Å²) in [5, 5.41) is 13.2. The highest BCUT2D eigenvalue weighted by Gasteiger charge is 2.52. The van der Waals surface area contributed by atoms with E-state index in [0.29, 0.717) is 0 Å². The predicted molar refractivity (Wildman–Crippen MR) is 123 cm³/mol. The SMILES string of the molecule is CC(C)C(=O)[C@H](C)[C@@H](O)[C@H](C)O[Si](c1ccccc1)(c1ccccc1)C(C)(C)C. The van der Waals surface area contributed by atoms with Gasteiger partial charge in [0.1, 0.15) is 5.78 Å². The summed E-state index contributed by atoms with van der Waals surface area (Å²) in [6.45, 7) is 14.1. The summed E-state index contributed by atoms with van der Waals surface area (Å²) >= 11 is 0. The molecule has 3 nitrogen and oxygen atoms in total. The van der Waals surface area contributed by atoms with Gasteiger partial charge in [0.2, 0.25) is 0 Å². The third-order valence-electron chi connectivity index (χ3n) is 5.79. The Morgan fingerprint density at radius 3 is 1.62 bits per heavy atom. The van der Waals surface area contributed by atoms with Crippen molar-refractivity contribution >= 4 is 24.5 Å². The topological polar surface area (TPSA) is 46.5 Å². The van der Waals surface area contributed by atoms with Crippen molar-refractivity contribution in [3.8, 4) is 0 Å². The standard InChI is InChI=1S/C25H36O3Si/c1-18(2)23(26)19(3)24(27)20(4)28-29(25(5,6)7,21-14-10-8-11-15-21)22-16-12-9-13-17-22/h8-20,24,27H,1-7H3/t19-,20-,24+/m0/s1. The summed E-state index contributed by atoms with van der Waals surface area (Å²) in [5.41, 5.74) is 0. The Morgan fingerprint density at radius 1 is 0.862 bits per heavy atom. The molecule has 0 unspecified atom stereocenters. The molecule has 0 aromatic heterocycles. The lowest BCUT2D eigenvalue weighted by Gasteiger charge is -2.45. The van der Waals surface area contributed by atoms with Crippen LogP contribution >= 0.6 is 0 Å². The Labute approximate surface area is 177 Å². The Hall–Kier alpha value is -1.75. The molecule has 0 saturated heterocycles. The number of aliphatic hydroxyl groups excluding tert-OH is 1. The number of benzene rings is 2. The number of rotatable bonds is 8. The minimum atomic E-state index is -2.75. The van der Waals surface area contributed by atoms with E-state index in [0.717, 1.165) is 0 Å². The van der Waals surface area contributed by atoms with E-state index in [1.54, 1.807) is 6.92 Å². The molecule has 0 heterocycles. The summed E-state index contributed by atoms with van der Waals surface area (Å²) in [4.78, 5) is 12.5. The van der Waals surface area contributed by atoms with Crippen molar-refractivity contribution in [2.45, 2.75) is 65.7 Å². The first-order chi connectivity index (χ1) is 13.5. The van der Waals surface area contributed by atoms with Gasteiger partial charge in [-0.1, -0.05) is 102 Å². The molecule has 3 atom stereocenters. The fourth-order valence-corrected chi connectivity index (χ4v) is 8.85. The first kappa shape index (κ1) is 23.5. The van der Waals surface area contributed by atoms with E-state index in [2.05, 4.69) is 45.0 Å². The lowest BCUT2D eigenvalue weighted by molar-refractivity contribution is -0.131. The van der Waals surface area contributed by atoms with Crippen molar-refractivity contribution in [1.29, 1.82) is 0 Å². The van der Waals surface area contributed by atoms with Crippen LogP contribution < -0.4 is 10.4 Å². The maximum atomic E-state index is 12.5. The van der Waals surface area contributed by atoms with Crippen LogP contribution in [-0.2, 0) is 9.22 Å². The minimum absolute atomic E-state index is 0.0652. The van der Waals surface area contributed by atoms with Crippen molar-refractivity contribution < 1.29 is 14.3 Å². The molecule has 0 fully saturated rings. The highest BCUT2D eigenvalue weighted by atomic mass is 28.4. The zero-order valence-electron chi connectivity index (χ0n) is 18.8. The largest absolute Gasteiger partial charge is 0.402 e. The van der Waals surface area contributed by atoms with Gasteiger partial charge in [0.15, 0.2) is 0 Å². The average Bonchev–Trinajstić information content (AvgIpc) is 2.70. The van der Waals surface area contributed by atoms with Gasteiger partial charge in [-0.15, -0.1) is 0 Å². The van der Waals surface area contributed by atoms with Crippen LogP contribution in [0.3, 0.4) is 0 Å². The molecule has 0 amide bonds. The lowest BCUT2D eigenvalue weighted by atomic mass is 9.90. The maximum absolute atomic E-state index is 12.5. The average molecular weight is 413 g/mol. The van der Waals surface area contributed by atoms with E-state index in [1.165, 1.54) is 10.4 Å². The molecule has 0 spiro atoms. The van der Waals surface area contributed by atoms with E-state index in [4.69, 9.17) is 4.43 Å². The molecule has 2 aromatic rings. The predicted octanol–water partition coefficient (Wildman–Crippen LogP) is 4.17. The number of carbonyl (C=O) groups is 1. The molecular formula is C25H36O3Si. The highest BCUT2D eigenvalue weighted by Crippen LogP contribution is 2.38. The smallest absolute Gasteiger partial charge is 0.261 e. The molecule has 4 heteroatoms. The first-order valence-corrected chi connectivity index (χ1v) is 12.4. The van der Waals surface area contributed by atoms with Gasteiger partial charge in [-0.3, -0.25) is 4.79 Å². The van der Waals surface area contributed by atoms with Crippen LogP contribution in [0.1, 0.15) is 48.5 Å². The van der Waals surface area contributed by atoms with Gasteiger partial charge < -0.3 is 9.53 Å². The van der Waals surface area contributed by atoms with Crippen LogP contribution in [0.5, 0.6) is 0 Å². The second kappa shape index (κ2) is 9.37. The molecule has 158 valence electrons. The van der Waals surface area contributed by atoms with Gasteiger partial charge >= 0.3 is 0 Å². The molecule has 0 radical (unpaired) electrons. The van der Waals surface area contributed by atoms with E-state index in [9.17, 15) is 9.90 Å². The van der Waals surface area contributed by atoms with Crippen molar-refractivity contribution in [1.82, 2.24) is 0 Å². The number of carbonyl (C=O) groups excluding carboxylic acids is 1. The van der Waals surface area contributed by atoms with Crippen molar-refractivity contribution in [2.24, 2.45) is 11.8 Å². The third kappa shape index (κ3) is 4.88. The Morgan fingerprint density at radius 2 is 1.28 bits per heavy atom. The first-order valence-electron chi connectivity index (χ1n) is 10.5. The second-order valence-electron chi connectivity index (χ2n) is 9.32. The Balaban J connectivity index is 2.55. The summed E-state index contributed by atoms with van der Waals surface area (Å²) < 4.78 is 6.92. The highest BCUT2D eigenvalue weighted by molar-refractivity contribution is 6.99. The van der Waals surface area contributed by atoms with Crippen molar-refractivity contribution in [3.63, 3.8) is 0 Å². The molecule has 2 rings (SSSR count). The molecule has 1 N–H and O–H groups in total. The summed E-state index contributed by atoms with van der Waals surface area (Å²) in [6, 6.07) is 20.7. The van der Waals surface area contributed by atoms with Crippen LogP contribution in [0.15, 0.2) is 60.7 Å². The molecule has 0 aliphatic rings. The lowest BCUT2D eigenvalue weighted by Crippen LogP contribution is -2.68. The van der Waals surface area contributed by atoms with Crippen molar-refractivity contribution in [2.75, 3.05) is 0 Å². The van der Waals surface area contributed by atoms with Gasteiger partial charge in [0.25, 0.3) is 8.32 Å². The van der Waals surface area contributed by atoms with Crippen LogP contribution in [-0.4, -0.2) is 31.4 Å². The Kier molecular flexibility index (Phi) is 7.60. The molecular weight excluding hydrogens is 376 g/mol. The number of hydrogen-bond donors (Lipinski definition) is 1. The molecule has 0 bridgehead atoms. The van der Waals surface area contributed by atoms with Gasteiger partial charge in [-0.05, 0) is 22.3 Å². The molecule has 29 heavy (non-hydrogen) atoms. The zero-order chi connectivity index (χ0) is 21.8. The minimum Gasteiger partial charge on any atom is -0.402 e. The second-order valence-corrected chi connectivity index (χ2v) is 13.6. The molecule has 0 saturated carbocycles. The van der Waals surface area contributed by atoms with Crippen LogP contribution in [0.4, 0.5) is 0 Å². The van der Waals surface area contributed by atoms with Crippen LogP contribution in [0.2, 0.25) is 5.04 Å². The van der Waals surface area contributed by atoms with Gasteiger partial charge in [0.05, 0.1) is 12.2 Å². The van der Waals surface area contributed by atoms with E-state index in [1.807, 2.05) is 57.2 Å². The summed E-state index contributed by atoms with van der Waals surface area (Å²) in [5.74, 6) is -0.515. The number of ketones is 1. The molecule has 0 aliphatic heterocycles. The van der Waals surface area contributed by atoms with E-state index in [-0.39, 0.29) is 16.7 Å². The summed E-state index contributed by atoms with van der Waals surface area (Å²) in [7, 11) is -2.75. The third-order valence-corrected chi connectivity index (χ3v) is 10.9. The zero-order valence-corrected chi connectivity index (χ0v) is 19.8. The number of Topliss-reactive ketones (excluding diaryl/α,β-unsaturated/α-hetero) is 1. The van der Waals surface area contributed by atoms with Crippen molar-refractivity contribution in [3.05, 3.63) is 60.7 Å². The Bertz CT molecular complexity index is 741. The fraction of sp³-hybridized carbons (Fsp3) is 0.480. The quantitative estimate of drug-likeness (QED) is 0.662. The van der Waals surface area contributed by atoms with Crippen LogP contribution in [0, 0.1) is 11.8 Å².